The highest BCUT2D eigenvalue weighted by Crippen LogP contribution is 2.47. The van der Waals surface area contributed by atoms with Crippen LogP contribution in [0.25, 0.3) is 0 Å². The van der Waals surface area contributed by atoms with E-state index < -0.39 is 39.7 Å². The van der Waals surface area contributed by atoms with Crippen LogP contribution < -0.4 is 19.1 Å². The summed E-state index contributed by atoms with van der Waals surface area (Å²) >= 11 is 0. The molecule has 1 spiro atoms. The fourth-order valence-corrected chi connectivity index (χ4v) is 11.6. The molecule has 8 rings (SSSR count). The van der Waals surface area contributed by atoms with Crippen molar-refractivity contribution in [1.82, 2.24) is 14.5 Å². The first-order chi connectivity index (χ1) is 29.9. The smallest absolute Gasteiger partial charge is 0.306 e. The number of carbonyl (C=O) groups excluding carboxylic acids is 3. The first-order valence-corrected chi connectivity index (χ1v) is 23.3. The summed E-state index contributed by atoms with van der Waals surface area (Å²) in [7, 11) is 0.809. The summed E-state index contributed by atoms with van der Waals surface area (Å²) in [6.07, 6.45) is 9.59. The van der Waals surface area contributed by atoms with Crippen molar-refractivity contribution in [3.8, 4) is 11.6 Å². The molecule has 3 heterocycles. The van der Waals surface area contributed by atoms with E-state index in [0.717, 1.165) is 43.4 Å². The molecular weight excluding hydrogens is 807 g/mol. The van der Waals surface area contributed by atoms with Crippen LogP contribution in [-0.2, 0) is 49.5 Å². The van der Waals surface area contributed by atoms with Gasteiger partial charge in [-0.3, -0.25) is 23.8 Å². The number of hydrogen-bond acceptors (Lipinski definition) is 10. The summed E-state index contributed by atoms with van der Waals surface area (Å²) in [4.78, 5) is 44.2. The third-order valence-electron chi connectivity index (χ3n) is 13.1. The van der Waals surface area contributed by atoms with Gasteiger partial charge in [-0.25, -0.2) is 4.21 Å². The van der Waals surface area contributed by atoms with Gasteiger partial charge in [0.1, 0.15) is 27.3 Å². The molecule has 2 bridgehead atoms. The number of anilines is 1. The number of fused-ring (bicyclic) bond motifs is 4. The number of benzene rings is 3. The number of hydrogen-bond donors (Lipinski definition) is 1. The van der Waals surface area contributed by atoms with Crippen LogP contribution in [0.3, 0.4) is 0 Å². The number of carbonyl (C=O) groups is 3. The second kappa shape index (κ2) is 18.1. The Bertz CT molecular complexity index is 2480. The molecule has 4 aromatic rings. The average molecular weight is 864 g/mol. The maximum atomic E-state index is 15.2. The Morgan fingerprint density at radius 2 is 1.84 bits per heavy atom. The minimum atomic E-state index is -3.90. The van der Waals surface area contributed by atoms with Crippen molar-refractivity contribution in [2.75, 3.05) is 44.6 Å². The maximum Gasteiger partial charge on any atom is 0.306 e. The molecule has 2 aliphatic heterocycles. The van der Waals surface area contributed by atoms with Crippen LogP contribution in [-0.4, -0.2) is 83.6 Å². The SMILES string of the molecule is COc1nn(C)cc1C(=O)NS1(=O)=NC(=O)c2ccc3c(c2)N(C[C@@H]2CC[C@H]2[C@@H](OC)/C=C/[C@H](OC(=O)CCc2ccccc2)[C@H](C)C1)C[C@@]1(CCCc2cc(C)ccc21)CO3. The highest BCUT2D eigenvalue weighted by atomic mass is 32.2. The van der Waals surface area contributed by atoms with Gasteiger partial charge in [0.15, 0.2) is 0 Å². The number of rotatable bonds is 8. The number of nitrogens with one attached hydrogen (secondary N) is 1. The van der Waals surface area contributed by atoms with Gasteiger partial charge in [0.2, 0.25) is 5.88 Å². The first-order valence-electron chi connectivity index (χ1n) is 21.6. The molecule has 2 aliphatic carbocycles. The lowest BCUT2D eigenvalue weighted by atomic mass is 9.68. The number of esters is 1. The van der Waals surface area contributed by atoms with Gasteiger partial charge in [-0.05, 0) is 98.2 Å². The quantitative estimate of drug-likeness (QED) is 0.146. The number of ether oxygens (including phenoxy) is 4. The topological polar surface area (TPSA) is 151 Å². The minimum absolute atomic E-state index is 0.0213. The fourth-order valence-electron chi connectivity index (χ4n) is 9.72. The van der Waals surface area contributed by atoms with Crippen molar-refractivity contribution in [3.63, 3.8) is 0 Å². The van der Waals surface area contributed by atoms with E-state index in [2.05, 4.69) is 44.2 Å². The third kappa shape index (κ3) is 9.17. The van der Waals surface area contributed by atoms with Crippen LogP contribution in [0, 0.1) is 24.7 Å². The second-order valence-corrected chi connectivity index (χ2v) is 19.5. The van der Waals surface area contributed by atoms with Crippen molar-refractivity contribution in [2.24, 2.45) is 29.2 Å². The first kappa shape index (κ1) is 43.2. The van der Waals surface area contributed by atoms with Crippen LogP contribution in [0.5, 0.6) is 11.6 Å². The molecule has 1 saturated carbocycles. The predicted octanol–water partition coefficient (Wildman–Crippen LogP) is 6.96. The second-order valence-electron chi connectivity index (χ2n) is 17.5. The minimum Gasteiger partial charge on any atom is -0.490 e. The molecule has 1 unspecified atom stereocenters. The van der Waals surface area contributed by atoms with Crippen LogP contribution in [0.15, 0.2) is 89.4 Å². The standard InChI is InChI=1S/C48H57N5O8S/c1-31-13-18-39-34(24-31)12-9-23-48(39)29-53-26-36-15-17-37(36)42(58-4)21-20-41(61-44(54)22-14-33-10-7-6-8-11-33)32(2)28-62(57,51-46(56)38-27-52(3)49-47(38)59-5)50-45(55)35-16-19-43(60-30-48)40(53)25-35/h6-8,10-11,13,16,18-21,24-25,27,32,36-37,41-42H,9,12,14-15,17,22-23,26,28-30H2,1-5H3,(H,50,51,55,56,57)/b21-20+/t32-,36+,37-,41+,42+,48+,62?/m1/s1. The lowest BCUT2D eigenvalue weighted by molar-refractivity contribution is -0.148. The Kier molecular flexibility index (Phi) is 12.6. The zero-order valence-electron chi connectivity index (χ0n) is 36.2. The monoisotopic (exact) mass is 863 g/mol. The summed E-state index contributed by atoms with van der Waals surface area (Å²) in [6.45, 7) is 5.76. The van der Waals surface area contributed by atoms with E-state index in [4.69, 9.17) is 18.9 Å². The Balaban J connectivity index is 1.20. The molecule has 1 N–H and O–H groups in total. The van der Waals surface area contributed by atoms with Gasteiger partial charge in [-0.15, -0.1) is 9.46 Å². The summed E-state index contributed by atoms with van der Waals surface area (Å²) < 4.78 is 47.9. The highest BCUT2D eigenvalue weighted by molar-refractivity contribution is 7.92. The summed E-state index contributed by atoms with van der Waals surface area (Å²) in [5.74, 6) is -1.87. The van der Waals surface area contributed by atoms with Crippen molar-refractivity contribution in [3.05, 3.63) is 118 Å². The van der Waals surface area contributed by atoms with Crippen LogP contribution in [0.1, 0.15) is 82.0 Å². The van der Waals surface area contributed by atoms with Crippen LogP contribution in [0.2, 0.25) is 0 Å². The molecule has 2 amide bonds. The van der Waals surface area contributed by atoms with Crippen molar-refractivity contribution in [1.29, 1.82) is 0 Å². The van der Waals surface area contributed by atoms with Gasteiger partial charge in [0, 0.05) is 56.8 Å². The number of amides is 2. The van der Waals surface area contributed by atoms with E-state index in [-0.39, 0.29) is 52.5 Å². The zero-order chi connectivity index (χ0) is 43.6. The maximum absolute atomic E-state index is 15.2. The van der Waals surface area contributed by atoms with Gasteiger partial charge < -0.3 is 23.8 Å². The van der Waals surface area contributed by atoms with E-state index in [1.807, 2.05) is 42.5 Å². The van der Waals surface area contributed by atoms with Crippen LogP contribution in [0.4, 0.5) is 5.69 Å². The average Bonchev–Trinajstić information content (AvgIpc) is 3.57. The molecule has 1 aromatic heterocycles. The van der Waals surface area contributed by atoms with E-state index in [1.54, 1.807) is 39.3 Å². The Hall–Kier alpha value is -5.47. The molecule has 328 valence electrons. The van der Waals surface area contributed by atoms with Crippen molar-refractivity contribution >= 4 is 33.4 Å². The molecule has 0 radical (unpaired) electrons. The number of aromatic nitrogens is 2. The molecule has 14 heteroatoms. The van der Waals surface area contributed by atoms with E-state index in [0.29, 0.717) is 31.9 Å². The van der Waals surface area contributed by atoms with E-state index >= 15 is 4.21 Å². The van der Waals surface area contributed by atoms with Gasteiger partial charge in [-0.1, -0.05) is 67.1 Å². The number of aryl methyl sites for hydroxylation is 4. The largest absolute Gasteiger partial charge is 0.490 e. The van der Waals surface area contributed by atoms with Gasteiger partial charge in [0.25, 0.3) is 11.8 Å². The summed E-state index contributed by atoms with van der Waals surface area (Å²) in [6, 6.07) is 21.7. The molecule has 13 nitrogen and oxygen atoms in total. The molecular formula is C48H57N5O8S. The zero-order valence-corrected chi connectivity index (χ0v) is 37.0. The number of methoxy groups -OCH3 is 2. The molecule has 0 saturated heterocycles. The Morgan fingerprint density at radius 1 is 1.03 bits per heavy atom. The van der Waals surface area contributed by atoms with E-state index in [9.17, 15) is 14.4 Å². The molecule has 7 atom stereocenters. The van der Waals surface area contributed by atoms with Gasteiger partial charge in [0.05, 0.1) is 31.3 Å². The summed E-state index contributed by atoms with van der Waals surface area (Å²) in [5.41, 5.74) is 5.61. The van der Waals surface area contributed by atoms with Crippen molar-refractivity contribution < 1.29 is 37.5 Å². The molecule has 1 fully saturated rings. The lowest BCUT2D eigenvalue weighted by Gasteiger charge is -2.46. The lowest BCUT2D eigenvalue weighted by Crippen LogP contribution is -2.49. The number of nitrogens with zero attached hydrogens (tertiary/aromatic N) is 4. The third-order valence-corrected chi connectivity index (χ3v) is 15.0. The van der Waals surface area contributed by atoms with Crippen LogP contribution >= 0.6 is 0 Å². The molecule has 62 heavy (non-hydrogen) atoms. The van der Waals surface area contributed by atoms with Gasteiger partial charge >= 0.3 is 5.97 Å². The Labute approximate surface area is 364 Å². The van der Waals surface area contributed by atoms with E-state index in [1.165, 1.54) is 34.7 Å². The Morgan fingerprint density at radius 3 is 2.60 bits per heavy atom. The highest BCUT2D eigenvalue weighted by Gasteiger charge is 2.44. The van der Waals surface area contributed by atoms with Crippen molar-refractivity contribution in [2.45, 2.75) is 76.4 Å². The molecule has 3 aromatic carbocycles. The fraction of sp³-hybridized carbons (Fsp3) is 0.458. The van der Waals surface area contributed by atoms with Gasteiger partial charge in [-0.2, -0.15) is 0 Å². The molecule has 4 aliphatic rings. The summed E-state index contributed by atoms with van der Waals surface area (Å²) in [5, 5.41) is 4.18. The predicted molar refractivity (Wildman–Crippen MR) is 237 cm³/mol. The normalized spacial score (nSPS) is 27.6.